The molecule has 0 aliphatic rings. The third-order valence-corrected chi connectivity index (χ3v) is 3.32. The molecule has 6 nitrogen and oxygen atoms in total. The van der Waals surface area contributed by atoms with Crippen LogP contribution in [-0.4, -0.2) is 27.3 Å². The Hall–Kier alpha value is -2.84. The fraction of sp³-hybridized carbons (Fsp3) is 0.214. The lowest BCUT2D eigenvalue weighted by atomic mass is 10.1. The zero-order chi connectivity index (χ0) is 16.4. The molecule has 0 spiro atoms. The van der Waals surface area contributed by atoms with Crippen LogP contribution in [0.4, 0.5) is 19.0 Å². The maximum atomic E-state index is 13.2. The summed E-state index contributed by atoms with van der Waals surface area (Å²) in [6.07, 6.45) is -1.65. The number of ether oxygens (including phenoxy) is 1. The SMILES string of the molecule is COc1ccc(CNc2ncnc3[nH]ncc23)c(C(F)(F)F)c1. The second kappa shape index (κ2) is 5.75. The van der Waals surface area contributed by atoms with E-state index in [9.17, 15) is 13.2 Å². The van der Waals surface area contributed by atoms with Gasteiger partial charge in [-0.1, -0.05) is 6.07 Å². The van der Waals surface area contributed by atoms with Gasteiger partial charge in [0, 0.05) is 6.54 Å². The molecule has 23 heavy (non-hydrogen) atoms. The Morgan fingerprint density at radius 2 is 2.09 bits per heavy atom. The van der Waals surface area contributed by atoms with Gasteiger partial charge in [-0.15, -0.1) is 0 Å². The van der Waals surface area contributed by atoms with E-state index in [-0.39, 0.29) is 17.9 Å². The van der Waals surface area contributed by atoms with Gasteiger partial charge in [0.1, 0.15) is 17.9 Å². The molecular weight excluding hydrogens is 311 g/mol. The fourth-order valence-corrected chi connectivity index (χ4v) is 2.19. The van der Waals surface area contributed by atoms with Gasteiger partial charge in [-0.05, 0) is 17.7 Å². The van der Waals surface area contributed by atoms with Gasteiger partial charge in [0.2, 0.25) is 0 Å². The number of aromatic amines is 1. The van der Waals surface area contributed by atoms with Crippen molar-refractivity contribution in [3.8, 4) is 5.75 Å². The highest BCUT2D eigenvalue weighted by Crippen LogP contribution is 2.34. The summed E-state index contributed by atoms with van der Waals surface area (Å²) in [5.74, 6) is 0.563. The van der Waals surface area contributed by atoms with Crippen LogP contribution in [0.1, 0.15) is 11.1 Å². The number of alkyl halides is 3. The van der Waals surface area contributed by atoms with Crippen molar-refractivity contribution in [1.29, 1.82) is 0 Å². The molecule has 0 aliphatic heterocycles. The lowest BCUT2D eigenvalue weighted by molar-refractivity contribution is -0.138. The normalized spacial score (nSPS) is 11.7. The Bertz CT molecular complexity index is 831. The van der Waals surface area contributed by atoms with Crippen molar-refractivity contribution in [3.05, 3.63) is 41.9 Å². The molecule has 2 aromatic heterocycles. The summed E-state index contributed by atoms with van der Waals surface area (Å²) < 4.78 is 44.4. The van der Waals surface area contributed by atoms with Gasteiger partial charge < -0.3 is 10.1 Å². The zero-order valence-electron chi connectivity index (χ0n) is 12.0. The Morgan fingerprint density at radius 3 is 2.83 bits per heavy atom. The maximum absolute atomic E-state index is 13.2. The van der Waals surface area contributed by atoms with E-state index in [0.717, 1.165) is 6.07 Å². The van der Waals surface area contributed by atoms with Crippen LogP contribution in [0, 0.1) is 0 Å². The van der Waals surface area contributed by atoms with E-state index >= 15 is 0 Å². The predicted octanol–water partition coefficient (Wildman–Crippen LogP) is 2.99. The molecule has 0 atom stereocenters. The van der Waals surface area contributed by atoms with E-state index in [1.54, 1.807) is 0 Å². The van der Waals surface area contributed by atoms with Crippen molar-refractivity contribution in [3.63, 3.8) is 0 Å². The van der Waals surface area contributed by atoms with Crippen molar-refractivity contribution in [2.75, 3.05) is 12.4 Å². The Balaban J connectivity index is 1.90. The molecule has 2 heterocycles. The van der Waals surface area contributed by atoms with Gasteiger partial charge in [0.25, 0.3) is 0 Å². The number of hydrogen-bond acceptors (Lipinski definition) is 5. The number of aromatic nitrogens is 4. The van der Waals surface area contributed by atoms with Crippen LogP contribution in [-0.2, 0) is 12.7 Å². The monoisotopic (exact) mass is 323 g/mol. The minimum Gasteiger partial charge on any atom is -0.497 e. The summed E-state index contributed by atoms with van der Waals surface area (Å²) in [6, 6.07) is 3.84. The Kier molecular flexibility index (Phi) is 3.77. The van der Waals surface area contributed by atoms with Gasteiger partial charge >= 0.3 is 6.18 Å². The molecule has 0 radical (unpaired) electrons. The first kappa shape index (κ1) is 15.1. The van der Waals surface area contributed by atoms with Crippen molar-refractivity contribution in [1.82, 2.24) is 20.2 Å². The van der Waals surface area contributed by atoms with Crippen molar-refractivity contribution >= 4 is 16.9 Å². The van der Waals surface area contributed by atoms with E-state index in [2.05, 4.69) is 25.5 Å². The van der Waals surface area contributed by atoms with E-state index in [4.69, 9.17) is 4.74 Å². The van der Waals surface area contributed by atoms with Crippen molar-refractivity contribution in [2.45, 2.75) is 12.7 Å². The number of fused-ring (bicyclic) bond motifs is 1. The molecule has 0 bridgehead atoms. The maximum Gasteiger partial charge on any atom is 0.416 e. The van der Waals surface area contributed by atoms with Gasteiger partial charge in [-0.2, -0.15) is 18.3 Å². The highest BCUT2D eigenvalue weighted by Gasteiger charge is 2.33. The number of rotatable bonds is 4. The molecule has 0 saturated carbocycles. The first-order valence-electron chi connectivity index (χ1n) is 6.61. The summed E-state index contributed by atoms with van der Waals surface area (Å²) in [7, 11) is 1.32. The van der Waals surface area contributed by atoms with Gasteiger partial charge in [0.05, 0.1) is 24.3 Å². The largest absolute Gasteiger partial charge is 0.497 e. The number of nitrogens with one attached hydrogen (secondary N) is 2. The lowest BCUT2D eigenvalue weighted by Gasteiger charge is -2.15. The molecule has 0 unspecified atom stereocenters. The standard InChI is InChI=1S/C14H12F3N5O/c1-23-9-3-2-8(11(4-9)14(15,16)17)5-18-12-10-6-21-22-13(10)20-7-19-12/h2-4,6-7H,5H2,1H3,(H2,18,19,20,21,22). The van der Waals surface area contributed by atoms with Crippen LogP contribution in [0.2, 0.25) is 0 Å². The molecule has 0 saturated heterocycles. The van der Waals surface area contributed by atoms with Crippen LogP contribution < -0.4 is 10.1 Å². The first-order chi connectivity index (χ1) is 11.0. The summed E-state index contributed by atoms with van der Waals surface area (Å²) in [5, 5.41) is 10.00. The smallest absolute Gasteiger partial charge is 0.416 e. The number of hydrogen-bond donors (Lipinski definition) is 2. The van der Waals surface area contributed by atoms with E-state index < -0.39 is 11.7 Å². The van der Waals surface area contributed by atoms with Crippen LogP contribution in [0.3, 0.4) is 0 Å². The average Bonchev–Trinajstić information content (AvgIpc) is 3.01. The number of H-pyrrole nitrogens is 1. The summed E-state index contributed by atoms with van der Waals surface area (Å²) in [6.45, 7) is -0.0455. The highest BCUT2D eigenvalue weighted by molar-refractivity contribution is 5.85. The number of halogens is 3. The highest BCUT2D eigenvalue weighted by atomic mass is 19.4. The first-order valence-corrected chi connectivity index (χ1v) is 6.61. The third kappa shape index (κ3) is 3.03. The quantitative estimate of drug-likeness (QED) is 0.772. The second-order valence-corrected chi connectivity index (χ2v) is 4.73. The van der Waals surface area contributed by atoms with Crippen LogP contribution in [0.25, 0.3) is 11.0 Å². The number of benzene rings is 1. The molecule has 0 amide bonds. The van der Waals surface area contributed by atoms with E-state index in [0.29, 0.717) is 16.9 Å². The minimum absolute atomic E-state index is 0.0455. The molecule has 1 aromatic carbocycles. The molecule has 3 aromatic rings. The Labute approximate surface area is 128 Å². The second-order valence-electron chi connectivity index (χ2n) is 4.73. The summed E-state index contributed by atoms with van der Waals surface area (Å²) >= 11 is 0. The van der Waals surface area contributed by atoms with Gasteiger partial charge in [-0.3, -0.25) is 5.10 Å². The van der Waals surface area contributed by atoms with Crippen LogP contribution in [0.5, 0.6) is 5.75 Å². The molecule has 0 fully saturated rings. The molecular formula is C14H12F3N5O. The number of anilines is 1. The molecule has 9 heteroatoms. The number of nitrogens with zero attached hydrogens (tertiary/aromatic N) is 3. The average molecular weight is 323 g/mol. The van der Waals surface area contributed by atoms with Crippen molar-refractivity contribution in [2.24, 2.45) is 0 Å². The summed E-state index contributed by atoms with van der Waals surface area (Å²) in [4.78, 5) is 8.00. The van der Waals surface area contributed by atoms with Crippen LogP contribution in [0.15, 0.2) is 30.7 Å². The summed E-state index contributed by atoms with van der Waals surface area (Å²) in [5.41, 5.74) is -0.149. The van der Waals surface area contributed by atoms with Gasteiger partial charge in [-0.25, -0.2) is 9.97 Å². The molecule has 3 rings (SSSR count). The molecule has 2 N–H and O–H groups in total. The predicted molar refractivity (Wildman–Crippen MR) is 77.0 cm³/mol. The molecule has 120 valence electrons. The van der Waals surface area contributed by atoms with E-state index in [1.807, 2.05) is 0 Å². The number of methoxy groups -OCH3 is 1. The van der Waals surface area contributed by atoms with Crippen LogP contribution >= 0.6 is 0 Å². The van der Waals surface area contributed by atoms with Gasteiger partial charge in [0.15, 0.2) is 5.65 Å². The zero-order valence-corrected chi connectivity index (χ0v) is 12.0. The lowest BCUT2D eigenvalue weighted by Crippen LogP contribution is -2.12. The Morgan fingerprint density at radius 1 is 1.26 bits per heavy atom. The molecule has 0 aliphatic carbocycles. The topological polar surface area (TPSA) is 75.7 Å². The van der Waals surface area contributed by atoms with Crippen molar-refractivity contribution < 1.29 is 17.9 Å². The minimum atomic E-state index is -4.47. The fourth-order valence-electron chi connectivity index (χ4n) is 2.19. The third-order valence-electron chi connectivity index (χ3n) is 3.32. The van der Waals surface area contributed by atoms with E-state index in [1.165, 1.54) is 31.8 Å².